The van der Waals surface area contributed by atoms with Crippen LogP contribution in [0.5, 0.6) is 0 Å². The van der Waals surface area contributed by atoms with Gasteiger partial charge in [0.1, 0.15) is 0 Å². The molecule has 3 nitrogen and oxygen atoms in total. The highest BCUT2D eigenvalue weighted by Gasteiger charge is 2.23. The van der Waals surface area contributed by atoms with Crippen molar-refractivity contribution in [2.75, 3.05) is 19.6 Å². The molecule has 1 N–H and O–H groups in total. The van der Waals surface area contributed by atoms with Gasteiger partial charge in [-0.1, -0.05) is 19.1 Å². The van der Waals surface area contributed by atoms with Crippen molar-refractivity contribution in [1.82, 2.24) is 15.2 Å². The maximum absolute atomic E-state index is 4.57. The van der Waals surface area contributed by atoms with Crippen LogP contribution in [0.15, 0.2) is 30.3 Å². The maximum atomic E-state index is 4.57. The average molecular weight is 269 g/mol. The maximum Gasteiger partial charge on any atom is 0.0705 e. The number of pyridine rings is 1. The minimum Gasteiger partial charge on any atom is -0.314 e. The Hall–Kier alpha value is -1.45. The number of aromatic nitrogens is 1. The van der Waals surface area contributed by atoms with E-state index in [0.29, 0.717) is 6.04 Å². The largest absolute Gasteiger partial charge is 0.314 e. The number of nitrogens with zero attached hydrogens (tertiary/aromatic N) is 2. The highest BCUT2D eigenvalue weighted by molar-refractivity contribution is 5.79. The Morgan fingerprint density at radius 1 is 1.25 bits per heavy atom. The third kappa shape index (κ3) is 2.84. The molecular formula is C17H23N3. The summed E-state index contributed by atoms with van der Waals surface area (Å²) in [5.41, 5.74) is 3.57. The second kappa shape index (κ2) is 5.90. The molecule has 1 aliphatic rings. The van der Waals surface area contributed by atoms with Crippen LogP contribution in [-0.4, -0.2) is 35.6 Å². The van der Waals surface area contributed by atoms with Gasteiger partial charge in [0, 0.05) is 36.8 Å². The SMILES string of the molecule is CCCN(Cc1ccc2nc(C)ccc2c1)C1CNC1. The molecule has 3 rings (SSSR count). The molecule has 0 bridgehead atoms. The molecule has 0 unspecified atom stereocenters. The van der Waals surface area contributed by atoms with E-state index in [1.807, 2.05) is 6.92 Å². The van der Waals surface area contributed by atoms with Crippen molar-refractivity contribution in [2.45, 2.75) is 32.9 Å². The van der Waals surface area contributed by atoms with Crippen LogP contribution in [0.4, 0.5) is 0 Å². The summed E-state index contributed by atoms with van der Waals surface area (Å²) in [7, 11) is 0. The summed E-state index contributed by atoms with van der Waals surface area (Å²) >= 11 is 0. The van der Waals surface area contributed by atoms with Crippen molar-refractivity contribution in [3.8, 4) is 0 Å². The third-order valence-electron chi connectivity index (χ3n) is 4.07. The van der Waals surface area contributed by atoms with Crippen molar-refractivity contribution in [3.05, 3.63) is 41.6 Å². The minimum atomic E-state index is 0.710. The molecular weight excluding hydrogens is 246 g/mol. The highest BCUT2D eigenvalue weighted by atomic mass is 15.2. The van der Waals surface area contributed by atoms with Gasteiger partial charge in [0.25, 0.3) is 0 Å². The number of aryl methyl sites for hydroxylation is 1. The van der Waals surface area contributed by atoms with Crippen LogP contribution < -0.4 is 5.32 Å². The van der Waals surface area contributed by atoms with Gasteiger partial charge in [0.2, 0.25) is 0 Å². The predicted octanol–water partition coefficient (Wildman–Crippen LogP) is 2.73. The summed E-state index contributed by atoms with van der Waals surface area (Å²) in [5, 5.41) is 4.62. The third-order valence-corrected chi connectivity index (χ3v) is 4.07. The Kier molecular flexibility index (Phi) is 3.99. The predicted molar refractivity (Wildman–Crippen MR) is 83.8 cm³/mol. The Balaban J connectivity index is 1.80. The second-order valence-electron chi connectivity index (χ2n) is 5.76. The zero-order valence-corrected chi connectivity index (χ0v) is 12.4. The Labute approximate surface area is 121 Å². The first-order valence-electron chi connectivity index (χ1n) is 7.57. The standard InChI is InChI=1S/C17H23N3/c1-3-8-20(16-10-18-11-16)12-14-5-7-17-15(9-14)6-4-13(2)19-17/h4-7,9,16,18H,3,8,10-12H2,1-2H3. The number of hydrogen-bond donors (Lipinski definition) is 1. The van der Waals surface area contributed by atoms with E-state index >= 15 is 0 Å². The molecule has 2 aromatic rings. The van der Waals surface area contributed by atoms with E-state index in [4.69, 9.17) is 0 Å². The Bertz CT molecular complexity index is 590. The zero-order valence-electron chi connectivity index (χ0n) is 12.4. The van der Waals surface area contributed by atoms with E-state index < -0.39 is 0 Å². The van der Waals surface area contributed by atoms with Crippen molar-refractivity contribution >= 4 is 10.9 Å². The van der Waals surface area contributed by atoms with Crippen LogP contribution in [-0.2, 0) is 6.54 Å². The van der Waals surface area contributed by atoms with Crippen LogP contribution >= 0.6 is 0 Å². The van der Waals surface area contributed by atoms with Gasteiger partial charge in [0.15, 0.2) is 0 Å². The van der Waals surface area contributed by atoms with Gasteiger partial charge in [0.05, 0.1) is 5.52 Å². The molecule has 1 aromatic carbocycles. The number of nitrogens with one attached hydrogen (secondary N) is 1. The number of benzene rings is 1. The van der Waals surface area contributed by atoms with Gasteiger partial charge in [-0.05, 0) is 43.7 Å². The molecule has 0 amide bonds. The molecule has 106 valence electrons. The highest BCUT2D eigenvalue weighted by Crippen LogP contribution is 2.18. The van der Waals surface area contributed by atoms with Gasteiger partial charge in [-0.25, -0.2) is 0 Å². The molecule has 2 heterocycles. The normalized spacial score (nSPS) is 15.8. The van der Waals surface area contributed by atoms with E-state index in [2.05, 4.69) is 52.5 Å². The van der Waals surface area contributed by atoms with Crippen LogP contribution in [0.2, 0.25) is 0 Å². The summed E-state index contributed by atoms with van der Waals surface area (Å²) < 4.78 is 0. The minimum absolute atomic E-state index is 0.710. The monoisotopic (exact) mass is 269 g/mol. The molecule has 0 saturated carbocycles. The van der Waals surface area contributed by atoms with Crippen molar-refractivity contribution in [2.24, 2.45) is 0 Å². The van der Waals surface area contributed by atoms with Crippen LogP contribution in [0.25, 0.3) is 10.9 Å². The van der Waals surface area contributed by atoms with Crippen molar-refractivity contribution in [3.63, 3.8) is 0 Å². The van der Waals surface area contributed by atoms with Gasteiger partial charge < -0.3 is 5.32 Å². The van der Waals surface area contributed by atoms with Gasteiger partial charge >= 0.3 is 0 Å². The summed E-state index contributed by atoms with van der Waals surface area (Å²) in [6, 6.07) is 11.6. The average Bonchev–Trinajstić information content (AvgIpc) is 2.37. The van der Waals surface area contributed by atoms with E-state index in [1.54, 1.807) is 0 Å². The summed E-state index contributed by atoms with van der Waals surface area (Å²) in [6.07, 6.45) is 1.21. The molecule has 20 heavy (non-hydrogen) atoms. The lowest BCUT2D eigenvalue weighted by atomic mass is 10.1. The smallest absolute Gasteiger partial charge is 0.0705 e. The molecule has 0 atom stereocenters. The second-order valence-corrected chi connectivity index (χ2v) is 5.76. The first kappa shape index (κ1) is 13.5. The molecule has 1 aliphatic heterocycles. The molecule has 0 aliphatic carbocycles. The molecule has 0 spiro atoms. The van der Waals surface area contributed by atoms with Crippen LogP contribution in [0.3, 0.4) is 0 Å². The Morgan fingerprint density at radius 3 is 2.80 bits per heavy atom. The summed E-state index contributed by atoms with van der Waals surface area (Å²) in [4.78, 5) is 7.17. The van der Waals surface area contributed by atoms with Gasteiger partial charge in [-0.3, -0.25) is 9.88 Å². The van der Waals surface area contributed by atoms with E-state index in [1.165, 1.54) is 23.9 Å². The summed E-state index contributed by atoms with van der Waals surface area (Å²) in [5.74, 6) is 0. The molecule has 1 saturated heterocycles. The lowest BCUT2D eigenvalue weighted by Crippen LogP contribution is -2.56. The van der Waals surface area contributed by atoms with Crippen LogP contribution in [0.1, 0.15) is 24.6 Å². The number of hydrogen-bond acceptors (Lipinski definition) is 3. The fraction of sp³-hybridized carbons (Fsp3) is 0.471. The van der Waals surface area contributed by atoms with Crippen molar-refractivity contribution < 1.29 is 0 Å². The first-order valence-corrected chi connectivity index (χ1v) is 7.57. The van der Waals surface area contributed by atoms with Gasteiger partial charge in [-0.2, -0.15) is 0 Å². The quantitative estimate of drug-likeness (QED) is 0.904. The fourth-order valence-corrected chi connectivity index (χ4v) is 2.82. The summed E-state index contributed by atoms with van der Waals surface area (Å²) in [6.45, 7) is 8.79. The molecule has 1 aromatic heterocycles. The van der Waals surface area contributed by atoms with E-state index in [9.17, 15) is 0 Å². The van der Waals surface area contributed by atoms with Gasteiger partial charge in [-0.15, -0.1) is 0 Å². The topological polar surface area (TPSA) is 28.2 Å². The lowest BCUT2D eigenvalue weighted by molar-refractivity contribution is 0.138. The van der Waals surface area contributed by atoms with Crippen LogP contribution in [0, 0.1) is 6.92 Å². The fourth-order valence-electron chi connectivity index (χ4n) is 2.82. The van der Waals surface area contributed by atoms with E-state index in [0.717, 1.165) is 30.8 Å². The number of rotatable bonds is 5. The lowest BCUT2D eigenvalue weighted by Gasteiger charge is -2.38. The van der Waals surface area contributed by atoms with E-state index in [-0.39, 0.29) is 0 Å². The number of fused-ring (bicyclic) bond motifs is 1. The molecule has 3 heteroatoms. The zero-order chi connectivity index (χ0) is 13.9. The first-order chi connectivity index (χ1) is 9.76. The molecule has 0 radical (unpaired) electrons. The molecule has 1 fully saturated rings. The van der Waals surface area contributed by atoms with Crippen molar-refractivity contribution in [1.29, 1.82) is 0 Å². The Morgan fingerprint density at radius 2 is 2.10 bits per heavy atom.